The lowest BCUT2D eigenvalue weighted by molar-refractivity contribution is -0.904. The molecule has 2 rings (SSSR count). The zero-order valence-corrected chi connectivity index (χ0v) is 24.6. The molecule has 0 saturated carbocycles. The molecule has 0 aliphatic carbocycles. The number of benzene rings is 2. The number of hydrogen-bond acceptors (Lipinski definition) is 4. The Bertz CT molecular complexity index is 840. The Kier molecular flexibility index (Phi) is 14.1. The molecule has 0 fully saturated rings. The van der Waals surface area contributed by atoms with Crippen molar-refractivity contribution < 1.29 is 18.7 Å². The number of quaternary nitrogens is 1. The number of unbranched alkanes of at least 4 members (excludes halogenated alkanes) is 1. The highest BCUT2D eigenvalue weighted by Crippen LogP contribution is 2.29. The van der Waals surface area contributed by atoms with Gasteiger partial charge in [0.25, 0.3) is 0 Å². The highest BCUT2D eigenvalue weighted by atomic mass is 35.5. The van der Waals surface area contributed by atoms with Crippen LogP contribution in [0.1, 0.15) is 51.2 Å². The first-order chi connectivity index (χ1) is 17.3. The van der Waals surface area contributed by atoms with Gasteiger partial charge in [-0.1, -0.05) is 39.3 Å². The van der Waals surface area contributed by atoms with Gasteiger partial charge in [-0.2, -0.15) is 11.8 Å². The Labute approximate surface area is 229 Å². The number of alkyl halides is 1. The summed E-state index contributed by atoms with van der Waals surface area (Å²) in [6.07, 6.45) is 3.42. The Hall–Kier alpha value is -1.40. The fourth-order valence-electron chi connectivity index (χ4n) is 3.80. The van der Waals surface area contributed by atoms with E-state index in [9.17, 15) is 0 Å². The molecule has 0 saturated heterocycles. The van der Waals surface area contributed by atoms with E-state index in [1.807, 2.05) is 12.1 Å². The second-order valence-corrected chi connectivity index (χ2v) is 12.1. The van der Waals surface area contributed by atoms with Crippen molar-refractivity contribution in [3.05, 3.63) is 59.7 Å². The summed E-state index contributed by atoms with van der Waals surface area (Å²) in [5, 5.41) is 0. The van der Waals surface area contributed by atoms with Crippen LogP contribution in [0.2, 0.25) is 0 Å². The van der Waals surface area contributed by atoms with E-state index in [-0.39, 0.29) is 5.41 Å². The zero-order valence-electron chi connectivity index (χ0n) is 23.1. The minimum atomic E-state index is 0.172. The highest BCUT2D eigenvalue weighted by Gasteiger charge is 2.20. The lowest BCUT2D eigenvalue weighted by atomic mass is 9.87. The van der Waals surface area contributed by atoms with E-state index in [1.165, 1.54) is 29.7 Å². The summed E-state index contributed by atoms with van der Waals surface area (Å²) >= 11 is 7.75. The molecule has 6 heteroatoms. The van der Waals surface area contributed by atoms with Crippen molar-refractivity contribution in [1.82, 2.24) is 0 Å². The predicted octanol–water partition coefficient (Wildman–Crippen LogP) is 7.18. The van der Waals surface area contributed by atoms with Gasteiger partial charge in [-0.3, -0.25) is 0 Å². The topological polar surface area (TPSA) is 27.7 Å². The van der Waals surface area contributed by atoms with Crippen molar-refractivity contribution >= 4 is 23.4 Å². The van der Waals surface area contributed by atoms with Crippen molar-refractivity contribution in [3.8, 4) is 11.5 Å². The van der Waals surface area contributed by atoms with Gasteiger partial charge in [0.1, 0.15) is 31.2 Å². The number of likely N-dealkylation sites (N-methyl/N-ethyl adjacent to an activating group) is 1. The second-order valence-electron chi connectivity index (χ2n) is 10.6. The fourth-order valence-corrected chi connectivity index (χ4v) is 5.22. The third-order valence-corrected chi connectivity index (χ3v) is 7.93. The summed E-state index contributed by atoms with van der Waals surface area (Å²) in [6, 6.07) is 16.9. The lowest BCUT2D eigenvalue weighted by Crippen LogP contribution is -2.41. The molecule has 36 heavy (non-hydrogen) atoms. The van der Waals surface area contributed by atoms with Crippen LogP contribution in [0.3, 0.4) is 0 Å². The minimum Gasteiger partial charge on any atom is -0.494 e. The van der Waals surface area contributed by atoms with E-state index in [0.29, 0.717) is 32.3 Å². The van der Waals surface area contributed by atoms with E-state index in [4.69, 9.17) is 25.8 Å². The molecule has 0 amide bonds. The van der Waals surface area contributed by atoms with Crippen LogP contribution in [0.25, 0.3) is 0 Å². The van der Waals surface area contributed by atoms with Gasteiger partial charge in [0, 0.05) is 17.2 Å². The van der Waals surface area contributed by atoms with Crippen LogP contribution in [0.4, 0.5) is 0 Å². The van der Waals surface area contributed by atoms with Crippen LogP contribution in [0.5, 0.6) is 11.5 Å². The van der Waals surface area contributed by atoms with E-state index in [1.54, 1.807) is 0 Å². The smallest absolute Gasteiger partial charge is 0.119 e. The Morgan fingerprint density at radius 3 is 2.11 bits per heavy atom. The maximum Gasteiger partial charge on any atom is 0.119 e. The third kappa shape index (κ3) is 12.2. The molecule has 0 aromatic heterocycles. The minimum absolute atomic E-state index is 0.172. The average molecular weight is 537 g/mol. The molecule has 0 atom stereocenters. The lowest BCUT2D eigenvalue weighted by Gasteiger charge is -2.29. The summed E-state index contributed by atoms with van der Waals surface area (Å²) in [5.74, 6) is 4.82. The molecule has 0 unspecified atom stereocenters. The zero-order chi connectivity index (χ0) is 26.3. The molecule has 2 aromatic rings. The monoisotopic (exact) mass is 536 g/mol. The summed E-state index contributed by atoms with van der Waals surface area (Å²) in [6.45, 7) is 11.3. The molecular formula is C30H47ClNO3S+. The maximum absolute atomic E-state index is 5.91. The van der Waals surface area contributed by atoms with Gasteiger partial charge < -0.3 is 18.7 Å². The van der Waals surface area contributed by atoms with Gasteiger partial charge >= 0.3 is 0 Å². The molecule has 0 spiro atoms. The van der Waals surface area contributed by atoms with Crippen LogP contribution in [-0.2, 0) is 16.7 Å². The van der Waals surface area contributed by atoms with Crippen LogP contribution >= 0.6 is 23.4 Å². The molecule has 0 heterocycles. The molecule has 4 nitrogen and oxygen atoms in total. The molecule has 0 N–H and O–H groups in total. The number of rotatable bonds is 19. The van der Waals surface area contributed by atoms with E-state index in [2.05, 4.69) is 83.0 Å². The molecule has 0 aliphatic heterocycles. The predicted molar refractivity (Wildman–Crippen MR) is 156 cm³/mol. The first kappa shape index (κ1) is 30.8. The van der Waals surface area contributed by atoms with Crippen LogP contribution < -0.4 is 9.47 Å². The van der Waals surface area contributed by atoms with E-state index >= 15 is 0 Å². The van der Waals surface area contributed by atoms with Gasteiger partial charge in [0.05, 0.1) is 33.9 Å². The van der Waals surface area contributed by atoms with E-state index in [0.717, 1.165) is 41.2 Å². The van der Waals surface area contributed by atoms with E-state index < -0.39 is 0 Å². The highest BCUT2D eigenvalue weighted by molar-refractivity contribution is 7.99. The standard InChI is InChI=1S/C30H47ClNO3S/c1-6-7-23-36-25-30(2,3)27-11-15-29(16-12-27)35-22-21-33-20-18-32(4,5)24-26-9-13-28(14-10-26)34-19-8-17-31/h9-16H,6-8,17-25H2,1-5H3/q+1. The van der Waals surface area contributed by atoms with Gasteiger partial charge in [-0.15, -0.1) is 11.6 Å². The fraction of sp³-hybridized carbons (Fsp3) is 0.600. The Morgan fingerprint density at radius 1 is 0.833 bits per heavy atom. The number of hydrogen-bond donors (Lipinski definition) is 0. The van der Waals surface area contributed by atoms with Crippen LogP contribution in [0.15, 0.2) is 48.5 Å². The largest absolute Gasteiger partial charge is 0.494 e. The van der Waals surface area contributed by atoms with Crippen molar-refractivity contribution in [3.63, 3.8) is 0 Å². The first-order valence-corrected chi connectivity index (χ1v) is 14.9. The quantitative estimate of drug-likeness (QED) is 0.108. The number of thioether (sulfide) groups is 1. The van der Waals surface area contributed by atoms with Crippen molar-refractivity contribution in [2.75, 3.05) is 64.5 Å². The summed E-state index contributed by atoms with van der Waals surface area (Å²) in [5.41, 5.74) is 2.83. The van der Waals surface area contributed by atoms with Crippen molar-refractivity contribution in [2.24, 2.45) is 0 Å². The summed E-state index contributed by atoms with van der Waals surface area (Å²) in [4.78, 5) is 0. The molecule has 0 radical (unpaired) electrons. The second kappa shape index (κ2) is 16.4. The van der Waals surface area contributed by atoms with Gasteiger partial charge in [-0.25, -0.2) is 0 Å². The van der Waals surface area contributed by atoms with Gasteiger partial charge in [-0.05, 0) is 66.0 Å². The number of halogens is 1. The molecule has 0 aliphatic rings. The first-order valence-electron chi connectivity index (χ1n) is 13.2. The Balaban J connectivity index is 1.63. The molecule has 202 valence electrons. The SMILES string of the molecule is CCCCSCC(C)(C)c1ccc(OCCOCC[N+](C)(C)Cc2ccc(OCCCCl)cc2)cc1. The number of nitrogens with zero attached hydrogens (tertiary/aromatic N) is 1. The van der Waals surface area contributed by atoms with Gasteiger partial charge in [0.2, 0.25) is 0 Å². The Morgan fingerprint density at radius 2 is 1.47 bits per heavy atom. The molecule has 0 bridgehead atoms. The maximum atomic E-state index is 5.91. The normalized spacial score (nSPS) is 12.1. The summed E-state index contributed by atoms with van der Waals surface area (Å²) < 4.78 is 18.3. The number of ether oxygens (including phenoxy) is 3. The van der Waals surface area contributed by atoms with Crippen molar-refractivity contribution in [2.45, 2.75) is 52.0 Å². The third-order valence-electron chi connectivity index (χ3n) is 6.16. The molecule has 2 aromatic carbocycles. The molecular weight excluding hydrogens is 490 g/mol. The average Bonchev–Trinajstić information content (AvgIpc) is 2.85. The van der Waals surface area contributed by atoms with Gasteiger partial charge in [0.15, 0.2) is 0 Å². The van der Waals surface area contributed by atoms with Crippen LogP contribution in [-0.4, -0.2) is 68.9 Å². The summed E-state index contributed by atoms with van der Waals surface area (Å²) in [7, 11) is 4.46. The van der Waals surface area contributed by atoms with Crippen LogP contribution in [0, 0.1) is 0 Å². The van der Waals surface area contributed by atoms with Crippen molar-refractivity contribution in [1.29, 1.82) is 0 Å².